The minimum Gasteiger partial charge on any atom is -0.475 e. The maximum Gasteiger partial charge on any atom is 0.264 e. The summed E-state index contributed by atoms with van der Waals surface area (Å²) in [6.07, 6.45) is 11.8. The summed E-state index contributed by atoms with van der Waals surface area (Å²) in [7, 11) is -4.19. The number of anilines is 2. The molecule has 2 aliphatic heterocycles. The van der Waals surface area contributed by atoms with Gasteiger partial charge in [-0.1, -0.05) is 30.2 Å². The highest BCUT2D eigenvalue weighted by molar-refractivity contribution is 7.92. The highest BCUT2D eigenvalue weighted by atomic mass is 32.2. The summed E-state index contributed by atoms with van der Waals surface area (Å²) in [5.41, 5.74) is 3.98. The molecule has 1 amide bonds. The number of aryl methyl sites for hydroxylation is 2. The molecule has 12 nitrogen and oxygen atoms in total. The maximum absolute atomic E-state index is 14.4. The van der Waals surface area contributed by atoms with Crippen LogP contribution in [0.2, 0.25) is 0 Å². The second-order valence-electron chi connectivity index (χ2n) is 12.3. The fourth-order valence-corrected chi connectivity index (χ4v) is 6.90. The Morgan fingerprint density at radius 2 is 1.83 bits per heavy atom. The predicted octanol–water partition coefficient (Wildman–Crippen LogP) is 4.15. The Balaban J connectivity index is 1.31. The minimum atomic E-state index is -4.19. The molecule has 7 rings (SSSR count). The van der Waals surface area contributed by atoms with Gasteiger partial charge in [-0.25, -0.2) is 23.1 Å². The lowest BCUT2D eigenvalue weighted by Gasteiger charge is -2.38. The van der Waals surface area contributed by atoms with Crippen molar-refractivity contribution in [2.75, 3.05) is 29.4 Å². The van der Waals surface area contributed by atoms with E-state index in [4.69, 9.17) is 20.9 Å². The van der Waals surface area contributed by atoms with Gasteiger partial charge in [0.2, 0.25) is 11.8 Å². The molecular weight excluding hydrogens is 630 g/mol. The summed E-state index contributed by atoms with van der Waals surface area (Å²) < 4.78 is 42.3. The monoisotopic (exact) mass is 665 g/mol. The topological polar surface area (TPSA) is 140 Å². The Morgan fingerprint density at radius 3 is 2.56 bits per heavy atom. The quantitative estimate of drug-likeness (QED) is 0.287. The number of hydrogen-bond donors (Lipinski definition) is 1. The number of carbonyl (C=O) groups is 1. The molecule has 1 saturated carbocycles. The van der Waals surface area contributed by atoms with E-state index in [0.29, 0.717) is 17.2 Å². The summed E-state index contributed by atoms with van der Waals surface area (Å²) in [6, 6.07) is 12.8. The molecule has 2 atom stereocenters. The number of aromatic nitrogens is 4. The third-order valence-corrected chi connectivity index (χ3v) is 10.1. The second-order valence-corrected chi connectivity index (χ2v) is 14.0. The zero-order valence-corrected chi connectivity index (χ0v) is 27.5. The molecule has 4 bridgehead atoms. The Kier molecular flexibility index (Phi) is 8.45. The van der Waals surface area contributed by atoms with E-state index in [2.05, 4.69) is 25.6 Å². The van der Waals surface area contributed by atoms with Gasteiger partial charge in [-0.05, 0) is 62.4 Å². The average Bonchev–Trinajstić information content (AvgIpc) is 3.88. The normalized spacial score (nSPS) is 20.2. The Hall–Kier alpha value is -5.06. The van der Waals surface area contributed by atoms with Crippen LogP contribution in [0.15, 0.2) is 65.8 Å². The van der Waals surface area contributed by atoms with Crippen molar-refractivity contribution in [2.45, 2.75) is 62.7 Å². The van der Waals surface area contributed by atoms with Crippen molar-refractivity contribution in [3.63, 3.8) is 0 Å². The van der Waals surface area contributed by atoms with Gasteiger partial charge in [0, 0.05) is 23.7 Å². The first-order chi connectivity index (χ1) is 23.2. The first kappa shape index (κ1) is 31.5. The summed E-state index contributed by atoms with van der Waals surface area (Å²) in [4.78, 5) is 36.1. The molecule has 0 radical (unpaired) electrons. The lowest BCUT2D eigenvalue weighted by Crippen LogP contribution is -2.48. The van der Waals surface area contributed by atoms with Gasteiger partial charge in [-0.3, -0.25) is 9.78 Å². The predicted molar refractivity (Wildman–Crippen MR) is 179 cm³/mol. The molecule has 1 unspecified atom stereocenters. The van der Waals surface area contributed by atoms with Crippen LogP contribution in [0.1, 0.15) is 46.4 Å². The number of nitrogens with one attached hydrogen (secondary N) is 1. The Bertz CT molecular complexity index is 2010. The SMILES string of the molecule is C#CC1CCN1c1cncc(CN2C(=O)c3cccc(c3)S(=O)(=O)Nc3nc(cc(-c4c(C)cccc4C)n3)OC[C@H]2COC2CC2)n1. The first-order valence-electron chi connectivity index (χ1n) is 15.9. The third-order valence-electron chi connectivity index (χ3n) is 8.74. The molecule has 246 valence electrons. The summed E-state index contributed by atoms with van der Waals surface area (Å²) in [6.45, 7) is 4.95. The lowest BCUT2D eigenvalue weighted by atomic mass is 10.00. The van der Waals surface area contributed by atoms with E-state index in [1.54, 1.807) is 29.4 Å². The van der Waals surface area contributed by atoms with Gasteiger partial charge in [0.05, 0.1) is 60.0 Å². The fraction of sp³-hybridized carbons (Fsp3) is 0.343. The number of rotatable bonds is 7. The maximum atomic E-state index is 14.4. The molecule has 2 aromatic heterocycles. The van der Waals surface area contributed by atoms with Crippen molar-refractivity contribution in [2.24, 2.45) is 0 Å². The molecule has 2 aromatic carbocycles. The highest BCUT2D eigenvalue weighted by Gasteiger charge is 2.33. The van der Waals surface area contributed by atoms with Crippen LogP contribution in [0.5, 0.6) is 5.88 Å². The van der Waals surface area contributed by atoms with E-state index in [1.165, 1.54) is 18.2 Å². The van der Waals surface area contributed by atoms with E-state index >= 15 is 0 Å². The molecule has 2 fully saturated rings. The fourth-order valence-electron chi connectivity index (χ4n) is 5.91. The molecule has 4 heterocycles. The van der Waals surface area contributed by atoms with Crippen molar-refractivity contribution in [1.29, 1.82) is 0 Å². The van der Waals surface area contributed by atoms with E-state index in [0.717, 1.165) is 42.5 Å². The molecule has 3 aliphatic rings. The van der Waals surface area contributed by atoms with E-state index in [-0.39, 0.29) is 54.2 Å². The third kappa shape index (κ3) is 6.54. The van der Waals surface area contributed by atoms with Gasteiger partial charge in [0.25, 0.3) is 15.9 Å². The second kappa shape index (κ2) is 12.9. The average molecular weight is 666 g/mol. The number of nitrogens with zero attached hydrogens (tertiary/aromatic N) is 6. The largest absolute Gasteiger partial charge is 0.475 e. The summed E-state index contributed by atoms with van der Waals surface area (Å²) in [5.74, 6) is 3.00. The number of carbonyl (C=O) groups excluding carboxylic acids is 1. The molecule has 48 heavy (non-hydrogen) atoms. The van der Waals surface area contributed by atoms with Crippen molar-refractivity contribution in [1.82, 2.24) is 24.8 Å². The number of terminal acetylenes is 1. The van der Waals surface area contributed by atoms with Crippen molar-refractivity contribution >= 4 is 27.7 Å². The van der Waals surface area contributed by atoms with Crippen LogP contribution in [-0.4, -0.2) is 77.1 Å². The van der Waals surface area contributed by atoms with Gasteiger partial charge in [0.1, 0.15) is 12.4 Å². The van der Waals surface area contributed by atoms with E-state index < -0.39 is 22.0 Å². The number of benzene rings is 2. The minimum absolute atomic E-state index is 0.00591. The van der Waals surface area contributed by atoms with Gasteiger partial charge in [-0.15, -0.1) is 6.42 Å². The number of amides is 1. The van der Waals surface area contributed by atoms with Crippen LogP contribution >= 0.6 is 0 Å². The smallest absolute Gasteiger partial charge is 0.264 e. The molecule has 4 aromatic rings. The summed E-state index contributed by atoms with van der Waals surface area (Å²) >= 11 is 0. The molecule has 0 spiro atoms. The molecule has 13 heteroatoms. The van der Waals surface area contributed by atoms with Crippen LogP contribution in [0, 0.1) is 26.2 Å². The van der Waals surface area contributed by atoms with Crippen molar-refractivity contribution < 1.29 is 22.7 Å². The number of hydrogen-bond acceptors (Lipinski definition) is 10. The van der Waals surface area contributed by atoms with Crippen LogP contribution in [0.25, 0.3) is 11.3 Å². The van der Waals surface area contributed by atoms with Crippen LogP contribution in [-0.2, 0) is 21.3 Å². The Labute approximate surface area is 279 Å². The molecule has 1 saturated heterocycles. The summed E-state index contributed by atoms with van der Waals surface area (Å²) in [5, 5.41) is 0. The number of sulfonamides is 1. The molecule has 1 N–H and O–H groups in total. The van der Waals surface area contributed by atoms with Gasteiger partial charge < -0.3 is 19.3 Å². The highest BCUT2D eigenvalue weighted by Crippen LogP contribution is 2.31. The van der Waals surface area contributed by atoms with Gasteiger partial charge in [0.15, 0.2) is 0 Å². The zero-order chi connectivity index (χ0) is 33.4. The van der Waals surface area contributed by atoms with Crippen LogP contribution < -0.4 is 14.4 Å². The molecular formula is C35H35N7O5S. The van der Waals surface area contributed by atoms with Gasteiger partial charge in [-0.2, -0.15) is 4.98 Å². The van der Waals surface area contributed by atoms with Crippen LogP contribution in [0.3, 0.4) is 0 Å². The Morgan fingerprint density at radius 1 is 1.04 bits per heavy atom. The van der Waals surface area contributed by atoms with E-state index in [9.17, 15) is 13.2 Å². The first-order valence-corrected chi connectivity index (χ1v) is 17.3. The van der Waals surface area contributed by atoms with Crippen molar-refractivity contribution in [3.8, 4) is 29.5 Å². The zero-order valence-electron chi connectivity index (χ0n) is 26.7. The number of fused-ring (bicyclic) bond motifs is 4. The lowest BCUT2D eigenvalue weighted by molar-refractivity contribution is 0.0209. The van der Waals surface area contributed by atoms with Crippen LogP contribution in [0.4, 0.5) is 11.8 Å². The van der Waals surface area contributed by atoms with Crippen molar-refractivity contribution in [3.05, 3.63) is 83.3 Å². The van der Waals surface area contributed by atoms with E-state index in [1.807, 2.05) is 36.9 Å². The standard InChI is InChI=1S/C35H35N7O5S/c1-4-26-13-14-41(26)31-18-36-17-25(37-31)19-42-27(20-46-28-11-12-28)21-47-32-16-30(33-22(2)7-5-8-23(33)3)38-35(39-32)40-48(44,45)29-10-6-9-24(15-29)34(42)43/h1,5-10,15-18,26-28H,11-14,19-21H2,2-3H3,(H,38,39,40)/t26?,27-/m1/s1. The molecule has 1 aliphatic carbocycles. The number of ether oxygens (including phenoxy) is 2. The van der Waals surface area contributed by atoms with Gasteiger partial charge >= 0.3 is 0 Å².